The Bertz CT molecular complexity index is 436. The Kier molecular flexibility index (Phi) is 4.57. The van der Waals surface area contributed by atoms with E-state index in [4.69, 9.17) is 11.6 Å². The van der Waals surface area contributed by atoms with E-state index in [9.17, 15) is 5.11 Å². The minimum absolute atomic E-state index is 0.0973. The van der Waals surface area contributed by atoms with Crippen LogP contribution >= 0.6 is 11.6 Å². The first-order chi connectivity index (χ1) is 9.04. The van der Waals surface area contributed by atoms with Gasteiger partial charge in [-0.25, -0.2) is 0 Å². The molecule has 1 aromatic heterocycles. The summed E-state index contributed by atoms with van der Waals surface area (Å²) < 4.78 is 1.93. The van der Waals surface area contributed by atoms with Crippen molar-refractivity contribution in [1.82, 2.24) is 9.78 Å². The molecular formula is C15H25ClN2O. The zero-order chi connectivity index (χ0) is 14.0. The Hall–Kier alpha value is -0.540. The number of nitrogens with zero attached hydrogens (tertiary/aromatic N) is 2. The van der Waals surface area contributed by atoms with E-state index in [-0.39, 0.29) is 11.5 Å². The summed E-state index contributed by atoms with van der Waals surface area (Å²) in [6, 6.07) is 0. The smallest absolute Gasteiger partial charge is 0.0848 e. The van der Waals surface area contributed by atoms with Crippen molar-refractivity contribution in [2.75, 3.05) is 0 Å². The Morgan fingerprint density at radius 1 is 1.37 bits per heavy atom. The van der Waals surface area contributed by atoms with Gasteiger partial charge < -0.3 is 5.11 Å². The molecule has 1 aliphatic carbocycles. The van der Waals surface area contributed by atoms with Gasteiger partial charge in [0.1, 0.15) is 0 Å². The van der Waals surface area contributed by atoms with Gasteiger partial charge in [-0.15, -0.1) is 0 Å². The minimum Gasteiger partial charge on any atom is -0.392 e. The van der Waals surface area contributed by atoms with Gasteiger partial charge in [0.2, 0.25) is 0 Å². The van der Waals surface area contributed by atoms with Crippen LogP contribution in [0, 0.1) is 12.3 Å². The molecule has 1 atom stereocenters. The summed E-state index contributed by atoms with van der Waals surface area (Å²) in [5, 5.41) is 15.9. The number of aliphatic hydroxyl groups is 1. The lowest BCUT2D eigenvalue weighted by Gasteiger charge is -2.33. The lowest BCUT2D eigenvalue weighted by molar-refractivity contribution is 0.0243. The van der Waals surface area contributed by atoms with E-state index in [2.05, 4.69) is 18.9 Å². The monoisotopic (exact) mass is 284 g/mol. The van der Waals surface area contributed by atoms with Crippen LogP contribution < -0.4 is 0 Å². The second-order valence-electron chi connectivity index (χ2n) is 5.80. The molecule has 108 valence electrons. The van der Waals surface area contributed by atoms with Crippen molar-refractivity contribution < 1.29 is 5.11 Å². The number of aliphatic hydroxyl groups excluding tert-OH is 1. The number of aromatic nitrogens is 2. The van der Waals surface area contributed by atoms with Crippen LogP contribution in [-0.4, -0.2) is 21.0 Å². The molecule has 1 saturated carbocycles. The van der Waals surface area contributed by atoms with E-state index in [1.807, 2.05) is 11.6 Å². The maximum Gasteiger partial charge on any atom is 0.0848 e. The third-order valence-electron chi connectivity index (χ3n) is 4.85. The van der Waals surface area contributed by atoms with E-state index in [1.54, 1.807) is 0 Å². The minimum atomic E-state index is -0.307. The van der Waals surface area contributed by atoms with E-state index in [0.29, 0.717) is 6.42 Å². The van der Waals surface area contributed by atoms with Crippen molar-refractivity contribution in [3.8, 4) is 0 Å². The van der Waals surface area contributed by atoms with Crippen molar-refractivity contribution in [2.24, 2.45) is 5.41 Å². The molecular weight excluding hydrogens is 260 g/mol. The molecule has 0 aliphatic heterocycles. The van der Waals surface area contributed by atoms with Gasteiger partial charge in [0, 0.05) is 13.0 Å². The molecule has 1 aliphatic rings. The molecule has 0 saturated heterocycles. The number of rotatable bonds is 5. The Labute approximate surface area is 121 Å². The molecule has 3 nitrogen and oxygen atoms in total. The molecule has 1 heterocycles. The lowest BCUT2D eigenvalue weighted by Crippen LogP contribution is -2.34. The molecule has 0 aromatic carbocycles. The molecule has 1 N–H and O–H groups in total. The van der Waals surface area contributed by atoms with Crippen LogP contribution in [0.15, 0.2) is 0 Å². The molecule has 0 radical (unpaired) electrons. The summed E-state index contributed by atoms with van der Waals surface area (Å²) in [4.78, 5) is 0. The molecule has 2 rings (SSSR count). The van der Waals surface area contributed by atoms with Gasteiger partial charge >= 0.3 is 0 Å². The second kappa shape index (κ2) is 5.84. The van der Waals surface area contributed by atoms with Crippen LogP contribution in [0.5, 0.6) is 0 Å². The summed E-state index contributed by atoms with van der Waals surface area (Å²) in [5.41, 5.74) is 1.96. The van der Waals surface area contributed by atoms with Gasteiger partial charge in [-0.2, -0.15) is 5.10 Å². The molecule has 0 bridgehead atoms. The highest BCUT2D eigenvalue weighted by atomic mass is 35.5. The zero-order valence-corrected chi connectivity index (χ0v) is 13.0. The lowest BCUT2D eigenvalue weighted by atomic mass is 9.76. The fraction of sp³-hybridized carbons (Fsp3) is 0.800. The summed E-state index contributed by atoms with van der Waals surface area (Å²) in [6.45, 7) is 6.98. The largest absolute Gasteiger partial charge is 0.392 e. The predicted molar refractivity (Wildman–Crippen MR) is 78.6 cm³/mol. The van der Waals surface area contributed by atoms with Gasteiger partial charge in [0.15, 0.2) is 0 Å². The Morgan fingerprint density at radius 2 is 2.00 bits per heavy atom. The van der Waals surface area contributed by atoms with Crippen molar-refractivity contribution >= 4 is 11.6 Å². The summed E-state index contributed by atoms with van der Waals surface area (Å²) in [7, 11) is 0. The number of hydrogen-bond donors (Lipinski definition) is 1. The summed E-state index contributed by atoms with van der Waals surface area (Å²) in [6.07, 6.45) is 6.13. The third-order valence-corrected chi connectivity index (χ3v) is 5.34. The topological polar surface area (TPSA) is 38.0 Å². The van der Waals surface area contributed by atoms with Gasteiger partial charge in [-0.3, -0.25) is 4.68 Å². The summed E-state index contributed by atoms with van der Waals surface area (Å²) in [5.74, 6) is 0. The standard InChI is InChI=1S/C15H25ClN2O/c1-4-15(8-6-7-9-15)13(19)10-12-14(16)11(3)17-18(12)5-2/h13,19H,4-10H2,1-3H3. The first kappa shape index (κ1) is 14.9. The van der Waals surface area contributed by atoms with Crippen LogP contribution in [0.1, 0.15) is 57.3 Å². The fourth-order valence-electron chi connectivity index (χ4n) is 3.47. The highest BCUT2D eigenvalue weighted by Crippen LogP contribution is 2.45. The molecule has 0 spiro atoms. The van der Waals surface area contributed by atoms with Crippen molar-refractivity contribution in [3.05, 3.63) is 16.4 Å². The maximum absolute atomic E-state index is 10.7. The Morgan fingerprint density at radius 3 is 2.53 bits per heavy atom. The van der Waals surface area contributed by atoms with Gasteiger partial charge in [-0.05, 0) is 38.5 Å². The van der Waals surface area contributed by atoms with Gasteiger partial charge in [-0.1, -0.05) is 31.4 Å². The molecule has 1 fully saturated rings. The fourth-order valence-corrected chi connectivity index (χ4v) is 3.68. The molecule has 4 heteroatoms. The SMILES string of the molecule is CCn1nc(C)c(Cl)c1CC(O)C1(CC)CCCC1. The van der Waals surface area contributed by atoms with Crippen LogP contribution in [-0.2, 0) is 13.0 Å². The van der Waals surface area contributed by atoms with E-state index < -0.39 is 0 Å². The van der Waals surface area contributed by atoms with Gasteiger partial charge in [0.05, 0.1) is 22.5 Å². The van der Waals surface area contributed by atoms with Crippen LogP contribution in [0.25, 0.3) is 0 Å². The van der Waals surface area contributed by atoms with Crippen LogP contribution in [0.2, 0.25) is 5.02 Å². The molecule has 0 amide bonds. The van der Waals surface area contributed by atoms with Gasteiger partial charge in [0.25, 0.3) is 0 Å². The van der Waals surface area contributed by atoms with Crippen molar-refractivity contribution in [2.45, 2.75) is 71.9 Å². The molecule has 1 unspecified atom stereocenters. The first-order valence-corrected chi connectivity index (χ1v) is 7.81. The summed E-state index contributed by atoms with van der Waals surface area (Å²) >= 11 is 6.34. The highest BCUT2D eigenvalue weighted by Gasteiger charge is 2.39. The first-order valence-electron chi connectivity index (χ1n) is 7.44. The zero-order valence-electron chi connectivity index (χ0n) is 12.2. The highest BCUT2D eigenvalue weighted by molar-refractivity contribution is 6.31. The number of aryl methyl sites for hydroxylation is 2. The van der Waals surface area contributed by atoms with Crippen molar-refractivity contribution in [3.63, 3.8) is 0 Å². The van der Waals surface area contributed by atoms with Crippen molar-refractivity contribution in [1.29, 1.82) is 0 Å². The quantitative estimate of drug-likeness (QED) is 0.894. The third kappa shape index (κ3) is 2.68. The maximum atomic E-state index is 10.7. The molecule has 1 aromatic rings. The number of halogens is 1. The molecule has 19 heavy (non-hydrogen) atoms. The normalized spacial score (nSPS) is 19.8. The Balaban J connectivity index is 2.20. The van der Waals surface area contributed by atoms with Crippen LogP contribution in [0.3, 0.4) is 0 Å². The van der Waals surface area contributed by atoms with E-state index >= 15 is 0 Å². The van der Waals surface area contributed by atoms with E-state index in [0.717, 1.165) is 42.2 Å². The number of hydrogen-bond acceptors (Lipinski definition) is 2. The average molecular weight is 285 g/mol. The average Bonchev–Trinajstić information content (AvgIpc) is 2.99. The predicted octanol–water partition coefficient (Wildman–Crippen LogP) is 3.74. The van der Waals surface area contributed by atoms with Crippen LogP contribution in [0.4, 0.5) is 0 Å². The second-order valence-corrected chi connectivity index (χ2v) is 6.18. The van der Waals surface area contributed by atoms with E-state index in [1.165, 1.54) is 12.8 Å².